The van der Waals surface area contributed by atoms with Crippen molar-refractivity contribution in [1.29, 1.82) is 0 Å². The van der Waals surface area contributed by atoms with Crippen molar-refractivity contribution in [3.05, 3.63) is 54.1 Å². The molecule has 4 rings (SSSR count). The first-order valence-electron chi connectivity index (χ1n) is 9.18. The Kier molecular flexibility index (Phi) is 4.78. The molecule has 2 aliphatic heterocycles. The highest BCUT2D eigenvalue weighted by Crippen LogP contribution is 2.34. The number of hydrogen-bond donors (Lipinski definition) is 0. The SMILES string of the molecule is COc1ccc(CCCN2CCCN3C2=Nc2ccccc2S3(=O)=O)cc1. The standard InChI is InChI=1S/C20H23N3O3S/c1-26-17-11-9-16(10-12-17)6-4-13-22-14-5-15-23-20(22)21-18-7-2-3-8-19(18)27(23,24)25/h2-3,7-12H,4-6,13-15H2,1H3. The number of para-hydroxylation sites is 1. The molecule has 7 heteroatoms. The van der Waals surface area contributed by atoms with E-state index in [2.05, 4.69) is 22.0 Å². The van der Waals surface area contributed by atoms with Gasteiger partial charge in [-0.3, -0.25) is 0 Å². The van der Waals surface area contributed by atoms with Crippen molar-refractivity contribution in [2.75, 3.05) is 26.7 Å². The fraction of sp³-hybridized carbons (Fsp3) is 0.350. The molecule has 2 aromatic carbocycles. The lowest BCUT2D eigenvalue weighted by Crippen LogP contribution is -2.53. The minimum Gasteiger partial charge on any atom is -0.497 e. The smallest absolute Gasteiger partial charge is 0.268 e. The summed E-state index contributed by atoms with van der Waals surface area (Å²) in [5, 5.41) is 0. The number of aryl methyl sites for hydroxylation is 1. The van der Waals surface area contributed by atoms with Gasteiger partial charge in [-0.05, 0) is 49.1 Å². The summed E-state index contributed by atoms with van der Waals surface area (Å²) in [6.45, 7) is 2.10. The van der Waals surface area contributed by atoms with Crippen LogP contribution in [0, 0.1) is 0 Å². The summed E-state index contributed by atoms with van der Waals surface area (Å²) in [5.41, 5.74) is 1.78. The van der Waals surface area contributed by atoms with E-state index in [0.717, 1.165) is 38.1 Å². The molecule has 2 heterocycles. The van der Waals surface area contributed by atoms with E-state index in [1.807, 2.05) is 18.2 Å². The maximum Gasteiger partial charge on any atom is 0.268 e. The molecule has 0 amide bonds. The van der Waals surface area contributed by atoms with Crippen LogP contribution in [0.2, 0.25) is 0 Å². The van der Waals surface area contributed by atoms with Gasteiger partial charge >= 0.3 is 0 Å². The Balaban J connectivity index is 1.50. The van der Waals surface area contributed by atoms with Crippen LogP contribution in [0.25, 0.3) is 0 Å². The number of hydrogen-bond acceptors (Lipinski definition) is 5. The van der Waals surface area contributed by atoms with E-state index in [1.54, 1.807) is 25.3 Å². The van der Waals surface area contributed by atoms with Crippen LogP contribution in [-0.4, -0.2) is 50.3 Å². The van der Waals surface area contributed by atoms with Crippen LogP contribution in [0.4, 0.5) is 5.69 Å². The molecule has 0 radical (unpaired) electrons. The van der Waals surface area contributed by atoms with Gasteiger partial charge < -0.3 is 9.64 Å². The summed E-state index contributed by atoms with van der Waals surface area (Å²) in [7, 11) is -1.85. The van der Waals surface area contributed by atoms with Crippen molar-refractivity contribution in [2.45, 2.75) is 24.2 Å². The third-order valence-corrected chi connectivity index (χ3v) is 6.83. The van der Waals surface area contributed by atoms with Gasteiger partial charge in [-0.25, -0.2) is 17.7 Å². The molecule has 1 saturated heterocycles. The highest BCUT2D eigenvalue weighted by atomic mass is 32.2. The lowest BCUT2D eigenvalue weighted by Gasteiger charge is -2.40. The van der Waals surface area contributed by atoms with Crippen LogP contribution in [0.5, 0.6) is 5.75 Å². The zero-order chi connectivity index (χ0) is 18.9. The number of fused-ring (bicyclic) bond motifs is 2. The second-order valence-corrected chi connectivity index (χ2v) is 8.58. The van der Waals surface area contributed by atoms with E-state index in [0.29, 0.717) is 23.1 Å². The van der Waals surface area contributed by atoms with Crippen LogP contribution in [-0.2, 0) is 16.4 Å². The number of methoxy groups -OCH3 is 1. The molecule has 142 valence electrons. The molecule has 2 aliphatic rings. The summed E-state index contributed by atoms with van der Waals surface area (Å²) in [5.74, 6) is 1.42. The van der Waals surface area contributed by atoms with Crippen LogP contribution >= 0.6 is 0 Å². The van der Waals surface area contributed by atoms with Crippen LogP contribution in [0.15, 0.2) is 58.4 Å². The summed E-state index contributed by atoms with van der Waals surface area (Å²) < 4.78 is 32.5. The predicted molar refractivity (Wildman–Crippen MR) is 105 cm³/mol. The Morgan fingerprint density at radius 1 is 1.07 bits per heavy atom. The molecule has 0 unspecified atom stereocenters. The monoisotopic (exact) mass is 385 g/mol. The van der Waals surface area contributed by atoms with E-state index < -0.39 is 10.0 Å². The molecule has 0 N–H and O–H groups in total. The van der Waals surface area contributed by atoms with E-state index in [4.69, 9.17) is 4.74 Å². The Morgan fingerprint density at radius 2 is 1.85 bits per heavy atom. The van der Waals surface area contributed by atoms with Gasteiger partial charge in [0, 0.05) is 19.6 Å². The summed E-state index contributed by atoms with van der Waals surface area (Å²) in [6, 6.07) is 15.0. The van der Waals surface area contributed by atoms with Gasteiger partial charge in [-0.2, -0.15) is 0 Å². The highest BCUT2D eigenvalue weighted by molar-refractivity contribution is 7.90. The van der Waals surface area contributed by atoms with Gasteiger partial charge in [0.1, 0.15) is 10.6 Å². The molecule has 0 spiro atoms. The predicted octanol–water partition coefficient (Wildman–Crippen LogP) is 3.03. The first kappa shape index (κ1) is 17.9. The number of nitrogens with zero attached hydrogens (tertiary/aromatic N) is 3. The Bertz CT molecular complexity index is 955. The third-order valence-electron chi connectivity index (χ3n) is 5.00. The zero-order valence-corrected chi connectivity index (χ0v) is 16.2. The number of aliphatic imine (C=N–C) groups is 1. The second-order valence-electron chi connectivity index (χ2n) is 6.75. The lowest BCUT2D eigenvalue weighted by atomic mass is 10.1. The van der Waals surface area contributed by atoms with Gasteiger partial charge in [0.2, 0.25) is 5.96 Å². The second kappa shape index (κ2) is 7.23. The van der Waals surface area contributed by atoms with Crippen LogP contribution in [0.3, 0.4) is 0 Å². The molecule has 0 bridgehead atoms. The van der Waals surface area contributed by atoms with E-state index >= 15 is 0 Å². The largest absolute Gasteiger partial charge is 0.497 e. The van der Waals surface area contributed by atoms with Crippen molar-refractivity contribution in [3.8, 4) is 5.75 Å². The number of ether oxygens (including phenoxy) is 1. The van der Waals surface area contributed by atoms with Gasteiger partial charge in [-0.1, -0.05) is 24.3 Å². The highest BCUT2D eigenvalue weighted by Gasteiger charge is 2.38. The molecule has 1 fully saturated rings. The van der Waals surface area contributed by atoms with Gasteiger partial charge in [0.15, 0.2) is 0 Å². The Morgan fingerprint density at radius 3 is 2.63 bits per heavy atom. The molecule has 0 atom stereocenters. The number of rotatable bonds is 5. The Labute approximate surface area is 160 Å². The number of guanidine groups is 1. The molecule has 6 nitrogen and oxygen atoms in total. The van der Waals surface area contributed by atoms with Gasteiger partial charge in [-0.15, -0.1) is 0 Å². The van der Waals surface area contributed by atoms with E-state index in [-0.39, 0.29) is 0 Å². The van der Waals surface area contributed by atoms with E-state index in [1.165, 1.54) is 9.87 Å². The van der Waals surface area contributed by atoms with Gasteiger partial charge in [0.05, 0.1) is 12.8 Å². The van der Waals surface area contributed by atoms with Crippen LogP contribution < -0.4 is 4.74 Å². The maximum absolute atomic E-state index is 12.9. The number of sulfonamides is 1. The zero-order valence-electron chi connectivity index (χ0n) is 15.3. The fourth-order valence-corrected chi connectivity index (χ4v) is 5.20. The quantitative estimate of drug-likeness (QED) is 0.794. The summed E-state index contributed by atoms with van der Waals surface area (Å²) >= 11 is 0. The first-order chi connectivity index (χ1) is 13.1. The van der Waals surface area contributed by atoms with Crippen molar-refractivity contribution in [3.63, 3.8) is 0 Å². The minimum atomic E-state index is -3.51. The minimum absolute atomic E-state index is 0.300. The average Bonchev–Trinajstić information content (AvgIpc) is 2.69. The molecular formula is C20H23N3O3S. The topological polar surface area (TPSA) is 62.2 Å². The average molecular weight is 385 g/mol. The Hall–Kier alpha value is -2.54. The fourth-order valence-electron chi connectivity index (χ4n) is 3.59. The van der Waals surface area contributed by atoms with Crippen molar-refractivity contribution < 1.29 is 13.2 Å². The van der Waals surface area contributed by atoms with Crippen molar-refractivity contribution in [2.24, 2.45) is 4.99 Å². The lowest BCUT2D eigenvalue weighted by molar-refractivity contribution is 0.311. The molecule has 0 aliphatic carbocycles. The van der Waals surface area contributed by atoms with Gasteiger partial charge in [0.25, 0.3) is 10.0 Å². The normalized spacial score (nSPS) is 17.7. The maximum atomic E-state index is 12.9. The van der Waals surface area contributed by atoms with E-state index in [9.17, 15) is 8.42 Å². The van der Waals surface area contributed by atoms with Crippen LogP contribution in [0.1, 0.15) is 18.4 Å². The molecule has 0 saturated carbocycles. The third kappa shape index (κ3) is 3.39. The molecule has 27 heavy (non-hydrogen) atoms. The van der Waals surface area contributed by atoms with Crippen molar-refractivity contribution in [1.82, 2.24) is 9.21 Å². The summed E-state index contributed by atoms with van der Waals surface area (Å²) in [6.07, 6.45) is 2.67. The molecule has 0 aromatic heterocycles. The van der Waals surface area contributed by atoms with Crippen molar-refractivity contribution >= 4 is 21.7 Å². The summed E-state index contributed by atoms with van der Waals surface area (Å²) in [4.78, 5) is 7.06. The molecular weight excluding hydrogens is 362 g/mol. The molecule has 2 aromatic rings. The number of benzene rings is 2. The first-order valence-corrected chi connectivity index (χ1v) is 10.6.